The average Bonchev–Trinajstić information content (AvgIpc) is 3.08. The SMILES string of the molecule is NC(=O)NC(=O)CCNC(=O)[C@@H]1C[C@@]12CCc1ccccc12. The van der Waals surface area contributed by atoms with Crippen LogP contribution in [0, 0.1) is 5.92 Å². The molecule has 0 aliphatic heterocycles. The number of imide groups is 1. The van der Waals surface area contributed by atoms with Gasteiger partial charge in [-0.15, -0.1) is 0 Å². The molecule has 1 aromatic carbocycles. The first-order valence-corrected chi connectivity index (χ1v) is 7.48. The number of benzene rings is 1. The molecule has 0 bridgehead atoms. The number of hydrogen-bond acceptors (Lipinski definition) is 3. The average molecular weight is 301 g/mol. The zero-order chi connectivity index (χ0) is 15.7. The number of rotatable bonds is 4. The van der Waals surface area contributed by atoms with Crippen LogP contribution < -0.4 is 16.4 Å². The molecule has 0 radical (unpaired) electrons. The molecule has 1 spiro atoms. The van der Waals surface area contributed by atoms with Crippen LogP contribution in [-0.2, 0) is 21.4 Å². The van der Waals surface area contributed by atoms with E-state index < -0.39 is 11.9 Å². The third-order valence-corrected chi connectivity index (χ3v) is 4.70. The maximum Gasteiger partial charge on any atom is 0.318 e. The fourth-order valence-corrected chi connectivity index (χ4v) is 3.56. The second kappa shape index (κ2) is 5.44. The molecule has 3 rings (SSSR count). The monoisotopic (exact) mass is 301 g/mol. The molecule has 2 aliphatic rings. The predicted octanol–water partition coefficient (Wildman–Crippen LogP) is 0.592. The number of aryl methyl sites for hydroxylation is 1. The molecule has 6 nitrogen and oxygen atoms in total. The molecule has 1 saturated carbocycles. The van der Waals surface area contributed by atoms with Gasteiger partial charge in [0.05, 0.1) is 0 Å². The zero-order valence-electron chi connectivity index (χ0n) is 12.2. The number of carbonyl (C=O) groups excluding carboxylic acids is 3. The maximum atomic E-state index is 12.2. The first-order valence-electron chi connectivity index (χ1n) is 7.48. The Morgan fingerprint density at radius 3 is 2.82 bits per heavy atom. The molecule has 6 heteroatoms. The number of carbonyl (C=O) groups is 3. The summed E-state index contributed by atoms with van der Waals surface area (Å²) in [5, 5.41) is 4.75. The fourth-order valence-electron chi connectivity index (χ4n) is 3.56. The van der Waals surface area contributed by atoms with Crippen LogP contribution in [0.4, 0.5) is 4.79 Å². The van der Waals surface area contributed by atoms with E-state index in [1.807, 2.05) is 17.4 Å². The van der Waals surface area contributed by atoms with Crippen LogP contribution in [0.25, 0.3) is 0 Å². The van der Waals surface area contributed by atoms with Crippen molar-refractivity contribution in [3.05, 3.63) is 35.4 Å². The molecule has 2 aliphatic carbocycles. The van der Waals surface area contributed by atoms with Gasteiger partial charge < -0.3 is 11.1 Å². The van der Waals surface area contributed by atoms with Gasteiger partial charge in [-0.3, -0.25) is 14.9 Å². The van der Waals surface area contributed by atoms with Gasteiger partial charge in [-0.2, -0.15) is 0 Å². The third-order valence-electron chi connectivity index (χ3n) is 4.70. The molecule has 116 valence electrons. The van der Waals surface area contributed by atoms with Gasteiger partial charge in [0.1, 0.15) is 0 Å². The van der Waals surface area contributed by atoms with E-state index in [9.17, 15) is 14.4 Å². The maximum absolute atomic E-state index is 12.2. The zero-order valence-corrected chi connectivity index (χ0v) is 12.2. The molecule has 4 amide bonds. The van der Waals surface area contributed by atoms with E-state index in [0.29, 0.717) is 0 Å². The first kappa shape index (κ1) is 14.6. The highest BCUT2D eigenvalue weighted by Gasteiger charge is 2.61. The molecule has 0 aromatic heterocycles. The normalized spacial score (nSPS) is 24.6. The van der Waals surface area contributed by atoms with Gasteiger partial charge in [-0.25, -0.2) is 4.79 Å². The minimum absolute atomic E-state index is 0.00430. The second-order valence-electron chi connectivity index (χ2n) is 6.02. The van der Waals surface area contributed by atoms with Crippen LogP contribution in [0.3, 0.4) is 0 Å². The minimum Gasteiger partial charge on any atom is -0.355 e. The highest BCUT2D eigenvalue weighted by Crippen LogP contribution is 2.61. The van der Waals surface area contributed by atoms with E-state index >= 15 is 0 Å². The molecule has 0 unspecified atom stereocenters. The van der Waals surface area contributed by atoms with Gasteiger partial charge in [-0.05, 0) is 30.4 Å². The summed E-state index contributed by atoms with van der Waals surface area (Å²) in [4.78, 5) is 34.0. The summed E-state index contributed by atoms with van der Waals surface area (Å²) in [5.41, 5.74) is 7.51. The van der Waals surface area contributed by atoms with E-state index in [1.54, 1.807) is 0 Å². The number of amides is 4. The van der Waals surface area contributed by atoms with E-state index in [-0.39, 0.29) is 30.2 Å². The topological polar surface area (TPSA) is 101 Å². The van der Waals surface area contributed by atoms with Crippen molar-refractivity contribution >= 4 is 17.8 Å². The van der Waals surface area contributed by atoms with Gasteiger partial charge in [0.25, 0.3) is 0 Å². The van der Waals surface area contributed by atoms with Crippen molar-refractivity contribution in [1.82, 2.24) is 10.6 Å². The second-order valence-corrected chi connectivity index (χ2v) is 6.02. The summed E-state index contributed by atoms with van der Waals surface area (Å²) in [6.45, 7) is 0.214. The first-order chi connectivity index (χ1) is 10.5. The number of hydrogen-bond donors (Lipinski definition) is 3. The lowest BCUT2D eigenvalue weighted by atomic mass is 9.95. The van der Waals surface area contributed by atoms with Crippen LogP contribution >= 0.6 is 0 Å². The quantitative estimate of drug-likeness (QED) is 0.758. The largest absolute Gasteiger partial charge is 0.355 e. The van der Waals surface area contributed by atoms with Crippen LogP contribution in [-0.4, -0.2) is 24.4 Å². The number of primary amides is 1. The minimum atomic E-state index is -0.875. The Morgan fingerprint density at radius 2 is 2.05 bits per heavy atom. The Bertz CT molecular complexity index is 643. The van der Waals surface area contributed by atoms with Crippen LogP contribution in [0.5, 0.6) is 0 Å². The fraction of sp³-hybridized carbons (Fsp3) is 0.438. The van der Waals surface area contributed by atoms with E-state index in [2.05, 4.69) is 17.4 Å². The molecule has 4 N–H and O–H groups in total. The van der Waals surface area contributed by atoms with Crippen molar-refractivity contribution in [2.45, 2.75) is 31.1 Å². The van der Waals surface area contributed by atoms with Crippen molar-refractivity contribution in [2.24, 2.45) is 11.7 Å². The third kappa shape index (κ3) is 2.56. The Labute approximate surface area is 128 Å². The van der Waals surface area contributed by atoms with Crippen molar-refractivity contribution in [1.29, 1.82) is 0 Å². The van der Waals surface area contributed by atoms with Crippen LogP contribution in [0.2, 0.25) is 0 Å². The lowest BCUT2D eigenvalue weighted by molar-refractivity contribution is -0.123. The van der Waals surface area contributed by atoms with E-state index in [0.717, 1.165) is 19.3 Å². The number of nitrogens with two attached hydrogens (primary N) is 1. The summed E-state index contributed by atoms with van der Waals surface area (Å²) in [6, 6.07) is 7.43. The molecule has 1 aromatic rings. The van der Waals surface area contributed by atoms with Gasteiger partial charge in [0.15, 0.2) is 0 Å². The molecule has 2 atom stereocenters. The predicted molar refractivity (Wildman–Crippen MR) is 79.9 cm³/mol. The van der Waals surface area contributed by atoms with E-state index in [4.69, 9.17) is 5.73 Å². The molecule has 22 heavy (non-hydrogen) atoms. The highest BCUT2D eigenvalue weighted by atomic mass is 16.2. The Kier molecular flexibility index (Phi) is 3.60. The van der Waals surface area contributed by atoms with Gasteiger partial charge in [0, 0.05) is 24.3 Å². The lowest BCUT2D eigenvalue weighted by Gasteiger charge is -2.11. The number of urea groups is 1. The van der Waals surface area contributed by atoms with Crippen molar-refractivity contribution < 1.29 is 14.4 Å². The van der Waals surface area contributed by atoms with Gasteiger partial charge in [-0.1, -0.05) is 24.3 Å². The van der Waals surface area contributed by atoms with Crippen LogP contribution in [0.15, 0.2) is 24.3 Å². The number of nitrogens with one attached hydrogen (secondary N) is 2. The molecular formula is C16H19N3O3. The summed E-state index contributed by atoms with van der Waals surface area (Å²) in [6.07, 6.45) is 2.97. The summed E-state index contributed by atoms with van der Waals surface area (Å²) < 4.78 is 0. The van der Waals surface area contributed by atoms with Crippen molar-refractivity contribution in [3.63, 3.8) is 0 Å². The van der Waals surface area contributed by atoms with Crippen LogP contribution in [0.1, 0.15) is 30.4 Å². The molecule has 0 heterocycles. The summed E-state index contributed by atoms with van der Waals surface area (Å²) in [5.74, 6) is -0.497. The molecular weight excluding hydrogens is 282 g/mol. The van der Waals surface area contributed by atoms with Crippen molar-refractivity contribution in [3.8, 4) is 0 Å². The Hall–Kier alpha value is -2.37. The standard InChI is InChI=1S/C16H19N3O3/c17-15(22)19-13(20)6-8-18-14(21)12-9-16(12)7-5-10-3-1-2-4-11(10)16/h1-4,12H,5-9H2,(H,18,21)(H3,17,19,20,22)/t12-,16+/m0/s1. The Morgan fingerprint density at radius 1 is 1.27 bits per heavy atom. The smallest absolute Gasteiger partial charge is 0.318 e. The van der Waals surface area contributed by atoms with Gasteiger partial charge in [0.2, 0.25) is 11.8 Å². The molecule has 0 saturated heterocycles. The van der Waals surface area contributed by atoms with Gasteiger partial charge >= 0.3 is 6.03 Å². The summed E-state index contributed by atoms with van der Waals surface area (Å²) >= 11 is 0. The van der Waals surface area contributed by atoms with Crippen molar-refractivity contribution in [2.75, 3.05) is 6.54 Å². The highest BCUT2D eigenvalue weighted by molar-refractivity contribution is 5.93. The van der Waals surface area contributed by atoms with E-state index in [1.165, 1.54) is 11.1 Å². The Balaban J connectivity index is 1.52. The lowest BCUT2D eigenvalue weighted by Crippen LogP contribution is -2.37. The number of fused-ring (bicyclic) bond motifs is 2. The summed E-state index contributed by atoms with van der Waals surface area (Å²) in [7, 11) is 0. The molecule has 1 fully saturated rings.